The minimum atomic E-state index is -4.35. The van der Waals surface area contributed by atoms with Crippen molar-refractivity contribution in [2.45, 2.75) is 48.3 Å². The van der Waals surface area contributed by atoms with Gasteiger partial charge in [-0.3, -0.25) is 0 Å². The van der Waals surface area contributed by atoms with Gasteiger partial charge in [0.2, 0.25) is 0 Å². The molecule has 0 saturated heterocycles. The van der Waals surface area contributed by atoms with Crippen LogP contribution < -0.4 is 19.6 Å². The molecule has 0 spiro atoms. The van der Waals surface area contributed by atoms with E-state index in [9.17, 15) is 37.8 Å². The van der Waals surface area contributed by atoms with Crippen LogP contribution in [0.1, 0.15) is 94.5 Å². The van der Waals surface area contributed by atoms with Gasteiger partial charge in [0, 0.05) is 0 Å². The number of hydrogen-bond donors (Lipinski definition) is 0. The summed E-state index contributed by atoms with van der Waals surface area (Å²) in [5.41, 5.74) is 7.99. The smallest absolute Gasteiger partial charge is 0.777 e. The first kappa shape index (κ1) is 104. The molecule has 24 nitrogen and oxygen atoms in total. The summed E-state index contributed by atoms with van der Waals surface area (Å²) in [6.07, 6.45) is 0. The monoisotopic (exact) mass is 1880 g/mol. The van der Waals surface area contributed by atoms with E-state index in [1.54, 1.807) is 27.7 Å². The number of hydrogen-bond acceptors (Lipinski definition) is 18. The van der Waals surface area contributed by atoms with E-state index < -0.39 is 61.2 Å². The van der Waals surface area contributed by atoms with Gasteiger partial charge in [-0.05, 0) is 94.5 Å². The first-order valence-corrected chi connectivity index (χ1v) is 40.3. The molecule has 2 radical (unpaired) electrons. The molecule has 0 aliphatic heterocycles. The van der Waals surface area contributed by atoms with Crippen LogP contribution in [0.15, 0.2) is 364 Å². The van der Waals surface area contributed by atoms with Gasteiger partial charge in [-0.2, -0.15) is 0 Å². The van der Waals surface area contributed by atoms with Gasteiger partial charge in [-0.25, -0.2) is 0 Å². The molecule has 0 bridgehead atoms. The van der Waals surface area contributed by atoms with E-state index in [0.29, 0.717) is 66.8 Å². The van der Waals surface area contributed by atoms with E-state index >= 15 is 0 Å². The van der Waals surface area contributed by atoms with Crippen LogP contribution in [0.3, 0.4) is 0 Å². The van der Waals surface area contributed by atoms with Gasteiger partial charge >= 0.3 is 83.5 Å². The van der Waals surface area contributed by atoms with Crippen LogP contribution in [0.4, 0.5) is 0 Å². The number of rotatable bonds is 24. The quantitative estimate of drug-likeness (QED) is 0.0178. The molecule has 30 heteroatoms. The van der Waals surface area contributed by atoms with Gasteiger partial charge in [-0.1, -0.05) is 364 Å². The third-order valence-electron chi connectivity index (χ3n) is 17.1. The minimum absolute atomic E-state index is 0. The molecule has 594 valence electrons. The van der Waals surface area contributed by atoms with Crippen molar-refractivity contribution in [3.63, 3.8) is 0 Å². The second-order valence-electron chi connectivity index (χ2n) is 23.3. The van der Waals surface area contributed by atoms with Gasteiger partial charge in [0.05, 0.1) is 36.6 Å². The van der Waals surface area contributed by atoms with Crippen molar-refractivity contribution in [2.24, 2.45) is 0 Å². The fraction of sp³-hybridized carbons (Fsp3) is 0.143. The zero-order chi connectivity index (χ0) is 78.2. The molecule has 4 unspecified atom stereocenters. The zero-order valence-corrected chi connectivity index (χ0v) is 72.7. The fourth-order valence-corrected chi connectivity index (χ4v) is 20.8. The summed E-state index contributed by atoms with van der Waals surface area (Å²) >= 11 is 0. The molecule has 0 saturated carbocycles. The van der Waals surface area contributed by atoms with Gasteiger partial charge in [0.15, 0.2) is 30.4 Å². The molecule has 12 N–H and O–H groups in total. The van der Waals surface area contributed by atoms with Crippen molar-refractivity contribution in [3.8, 4) is 0 Å². The first-order valence-electron chi connectivity index (χ1n) is 34.1. The van der Waals surface area contributed by atoms with Crippen molar-refractivity contribution in [3.05, 3.63) is 461 Å². The van der Waals surface area contributed by atoms with Crippen LogP contribution in [0, 0.1) is 114 Å². The predicted molar refractivity (Wildman–Crippen MR) is 434 cm³/mol. The number of benzene rings is 12. The molecule has 0 fully saturated rings. The Kier molecular flexibility index (Phi) is 46.3. The summed E-state index contributed by atoms with van der Waals surface area (Å²) in [6.45, 7) is 7.13. The maximum absolute atomic E-state index is 13.5. The zero-order valence-electron chi connectivity index (χ0n) is 62.8. The van der Waals surface area contributed by atoms with E-state index in [4.69, 9.17) is 48.7 Å². The Morgan fingerprint density at radius 2 is 0.289 bits per heavy atom. The van der Waals surface area contributed by atoms with Crippen molar-refractivity contribution in [2.75, 3.05) is 26.4 Å². The van der Waals surface area contributed by atoms with Gasteiger partial charge in [0.1, 0.15) is 20.6 Å². The Morgan fingerprint density at radius 3 is 0.351 bits per heavy atom. The van der Waals surface area contributed by atoms with Crippen molar-refractivity contribution in [1.82, 2.24) is 0 Å². The Hall–Kier alpha value is -7.77. The van der Waals surface area contributed by atoms with Crippen LogP contribution in [0.5, 0.6) is 0 Å². The van der Waals surface area contributed by atoms with Crippen LogP contribution in [0.25, 0.3) is 0 Å². The Morgan fingerprint density at radius 1 is 0.219 bits per heavy atom. The van der Waals surface area contributed by atoms with Crippen LogP contribution >= 0.6 is 30.4 Å². The van der Waals surface area contributed by atoms with Crippen LogP contribution in [-0.4, -0.2) is 36.6 Å². The van der Waals surface area contributed by atoms with Crippen LogP contribution in [-0.2, 0) is 78.9 Å². The van der Waals surface area contributed by atoms with Gasteiger partial charge in [0.25, 0.3) is 0 Å². The van der Waals surface area contributed by atoms with E-state index in [0.717, 1.165) is 0 Å². The van der Waals surface area contributed by atoms with Crippen molar-refractivity contribution in [1.29, 1.82) is 0 Å². The topological polar surface area (TPSA) is 462 Å². The maximum Gasteiger partial charge on any atom is 3.00 e. The Bertz CT molecular complexity index is 3860. The largest absolute Gasteiger partial charge is 3.00 e. The summed E-state index contributed by atoms with van der Waals surface area (Å²) in [7, 11) is -17.4. The molecular formula is C84H92Ce2N2O22P4+4. The molecule has 0 heterocycles. The maximum atomic E-state index is 13.5. The van der Waals surface area contributed by atoms with E-state index in [1.807, 2.05) is 364 Å². The first-order chi connectivity index (χ1) is 52.0. The molecule has 0 aromatic heterocycles. The molecule has 0 aliphatic carbocycles. The van der Waals surface area contributed by atoms with Gasteiger partial charge < -0.3 is 108 Å². The third kappa shape index (κ3) is 24.7. The van der Waals surface area contributed by atoms with E-state index in [1.165, 1.54) is 0 Å². The SMILES string of the molecule is CCOP(=O)([O-])C(c1ccccc1)(c1ccccc1)c1ccccc1.CCOP(=O)([O-])C(c1ccccc1)(c1ccccc1)c1ccccc1.CCOP(=O)([O-])C(c1ccccc1)(c1ccccc1)c1ccccc1.CCOP(=O)([O-])C(c1ccccc1)(c1ccccc1)c1ccccc1.O=[N+]([O-])[O-].O=[N+]([O-])[O-].[Ce+3].[Ce+3].[OH3+].[OH3+].[OH3+].[OH3+]. The van der Waals surface area contributed by atoms with E-state index in [-0.39, 0.29) is 132 Å². The third-order valence-corrected chi connectivity index (χ3v) is 25.9. The van der Waals surface area contributed by atoms with Crippen molar-refractivity contribution < 1.29 is 172 Å². The second-order valence-corrected chi connectivity index (χ2v) is 31.0. The fourth-order valence-electron chi connectivity index (χ4n) is 13.1. The summed E-state index contributed by atoms with van der Waals surface area (Å²) < 4.78 is 75.3. The van der Waals surface area contributed by atoms with Crippen LogP contribution in [0.2, 0.25) is 0 Å². The summed E-state index contributed by atoms with van der Waals surface area (Å²) in [5, 5.41) is 23.9. The van der Waals surface area contributed by atoms with Crippen molar-refractivity contribution >= 4 is 30.4 Å². The Balaban J connectivity index is 0.000000723. The standard InChI is InChI=1S/4C21H21O3P.2Ce.2NO3.4H2O/c4*1-2-24-25(22,23)21(18-12-6-3-7-13-18,19-14-8-4-9-15-19)20-16-10-5-11-17-20;;;2*2-1(3)4;;;;/h4*3-17H,2H2,1H3,(H,22,23);;;;;4*1H2/q;;;;2*+3;2*-1;;;;. The average molecular weight is 1890 g/mol. The molecule has 0 amide bonds. The minimum Gasteiger partial charge on any atom is -0.777 e. The Labute approximate surface area is 730 Å². The molecule has 12 rings (SSSR count). The van der Waals surface area contributed by atoms with E-state index in [2.05, 4.69) is 0 Å². The molecule has 0 aliphatic rings. The summed E-state index contributed by atoms with van der Waals surface area (Å²) in [6, 6.07) is 111. The number of nitrogens with zero attached hydrogens (tertiary/aromatic N) is 2. The summed E-state index contributed by atoms with van der Waals surface area (Å²) in [4.78, 5) is 70.3. The second kappa shape index (κ2) is 50.7. The molecular weight excluding hydrogens is 1790 g/mol. The average Bonchev–Trinajstić information content (AvgIpc) is 0.747. The molecule has 114 heavy (non-hydrogen) atoms. The predicted octanol–water partition coefficient (Wildman–Crippen LogP) is 14.1. The van der Waals surface area contributed by atoms with Gasteiger partial charge in [-0.15, -0.1) is 0 Å². The molecule has 12 aromatic carbocycles. The molecule has 12 aromatic rings. The molecule has 4 atom stereocenters. The normalized spacial score (nSPS) is 12.7. The summed E-state index contributed by atoms with van der Waals surface area (Å²) in [5.74, 6) is 0.